The van der Waals surface area contributed by atoms with Gasteiger partial charge >= 0.3 is 0 Å². The molecule has 3 amide bonds. The van der Waals surface area contributed by atoms with Crippen LogP contribution >= 0.6 is 0 Å². The Hall–Kier alpha value is -3.16. The summed E-state index contributed by atoms with van der Waals surface area (Å²) >= 11 is 0. The van der Waals surface area contributed by atoms with Gasteiger partial charge in [0, 0.05) is 30.6 Å². The summed E-state index contributed by atoms with van der Waals surface area (Å²) in [4.78, 5) is 38.7. The van der Waals surface area contributed by atoms with Gasteiger partial charge in [-0.15, -0.1) is 0 Å². The maximum atomic E-state index is 12.4. The molecule has 2 N–H and O–H groups in total. The van der Waals surface area contributed by atoms with Gasteiger partial charge < -0.3 is 20.1 Å². The van der Waals surface area contributed by atoms with Gasteiger partial charge in [-0.3, -0.25) is 14.4 Å². The van der Waals surface area contributed by atoms with Gasteiger partial charge in [-0.2, -0.15) is 0 Å². The highest BCUT2D eigenvalue weighted by Gasteiger charge is 2.28. The largest absolute Gasteiger partial charge is 0.360 e. The van der Waals surface area contributed by atoms with Crippen molar-refractivity contribution in [2.45, 2.75) is 33.6 Å². The van der Waals surface area contributed by atoms with Crippen molar-refractivity contribution in [2.24, 2.45) is 5.92 Å². The monoisotopic (exact) mass is 398 g/mol. The van der Waals surface area contributed by atoms with Gasteiger partial charge in [-0.25, -0.2) is 0 Å². The SMILES string of the molecule is Cc1cc(NC(=O)C2CCN(C(=O)CNC(=O)c3ccc(C)c(C)c3)CC2)no1. The predicted octanol–water partition coefficient (Wildman–Crippen LogP) is 2.21. The molecule has 154 valence electrons. The van der Waals surface area contributed by atoms with Crippen LogP contribution in [0, 0.1) is 26.7 Å². The molecule has 2 aromatic rings. The van der Waals surface area contributed by atoms with Gasteiger partial charge in [0.1, 0.15) is 5.76 Å². The van der Waals surface area contributed by atoms with Gasteiger partial charge in [-0.1, -0.05) is 11.2 Å². The zero-order chi connectivity index (χ0) is 21.0. The van der Waals surface area contributed by atoms with E-state index in [2.05, 4.69) is 15.8 Å². The number of nitrogens with one attached hydrogen (secondary N) is 2. The molecular formula is C21H26N4O4. The lowest BCUT2D eigenvalue weighted by Gasteiger charge is -2.31. The van der Waals surface area contributed by atoms with E-state index in [1.54, 1.807) is 24.0 Å². The first-order valence-corrected chi connectivity index (χ1v) is 9.71. The average Bonchev–Trinajstić information content (AvgIpc) is 3.12. The summed E-state index contributed by atoms with van der Waals surface area (Å²) in [6.07, 6.45) is 1.14. The Balaban J connectivity index is 1.44. The Morgan fingerprint density at radius 1 is 1.10 bits per heavy atom. The zero-order valence-electron chi connectivity index (χ0n) is 16.9. The maximum Gasteiger partial charge on any atom is 0.251 e. The molecule has 2 heterocycles. The molecule has 0 saturated carbocycles. The van der Waals surface area contributed by atoms with Crippen LogP contribution in [-0.2, 0) is 9.59 Å². The lowest BCUT2D eigenvalue weighted by molar-refractivity contribution is -0.133. The molecule has 1 saturated heterocycles. The van der Waals surface area contributed by atoms with Crippen LogP contribution in [0.3, 0.4) is 0 Å². The first kappa shape index (κ1) is 20.6. The van der Waals surface area contributed by atoms with Crippen LogP contribution in [0.1, 0.15) is 40.1 Å². The van der Waals surface area contributed by atoms with E-state index < -0.39 is 0 Å². The highest BCUT2D eigenvalue weighted by molar-refractivity contribution is 5.96. The van der Waals surface area contributed by atoms with E-state index in [9.17, 15) is 14.4 Å². The van der Waals surface area contributed by atoms with Gasteiger partial charge in [0.25, 0.3) is 5.91 Å². The number of carbonyl (C=O) groups is 3. The summed E-state index contributed by atoms with van der Waals surface area (Å²) in [5, 5.41) is 9.18. The van der Waals surface area contributed by atoms with Crippen molar-refractivity contribution in [1.82, 2.24) is 15.4 Å². The number of benzene rings is 1. The van der Waals surface area contributed by atoms with Crippen molar-refractivity contribution < 1.29 is 18.9 Å². The van der Waals surface area contributed by atoms with Crippen LogP contribution in [0.4, 0.5) is 5.82 Å². The fourth-order valence-electron chi connectivity index (χ4n) is 3.30. The van der Waals surface area contributed by atoms with Crippen molar-refractivity contribution in [2.75, 3.05) is 25.0 Å². The molecule has 3 rings (SSSR count). The molecule has 1 aliphatic heterocycles. The van der Waals surface area contributed by atoms with Gasteiger partial charge in [0.05, 0.1) is 6.54 Å². The second-order valence-corrected chi connectivity index (χ2v) is 7.45. The van der Waals surface area contributed by atoms with Crippen LogP contribution in [0.5, 0.6) is 0 Å². The third-order valence-corrected chi connectivity index (χ3v) is 5.27. The third-order valence-electron chi connectivity index (χ3n) is 5.27. The molecule has 1 fully saturated rings. The minimum Gasteiger partial charge on any atom is -0.360 e. The maximum absolute atomic E-state index is 12.4. The number of anilines is 1. The summed E-state index contributed by atoms with van der Waals surface area (Å²) in [5.41, 5.74) is 2.69. The average molecular weight is 398 g/mol. The lowest BCUT2D eigenvalue weighted by Crippen LogP contribution is -2.45. The molecule has 1 aliphatic rings. The fraction of sp³-hybridized carbons (Fsp3) is 0.429. The number of nitrogens with zero attached hydrogens (tertiary/aromatic N) is 2. The van der Waals surface area contributed by atoms with Crippen molar-refractivity contribution in [3.05, 3.63) is 46.7 Å². The molecule has 0 spiro atoms. The Bertz CT molecular complexity index is 913. The summed E-state index contributed by atoms with van der Waals surface area (Å²) < 4.78 is 4.94. The van der Waals surface area contributed by atoms with Gasteiger partial charge in [0.2, 0.25) is 11.8 Å². The normalized spacial score (nSPS) is 14.5. The zero-order valence-corrected chi connectivity index (χ0v) is 16.9. The molecule has 0 atom stereocenters. The first-order valence-electron chi connectivity index (χ1n) is 9.71. The highest BCUT2D eigenvalue weighted by Crippen LogP contribution is 2.19. The summed E-state index contributed by atoms with van der Waals surface area (Å²) in [6, 6.07) is 7.12. The number of aromatic nitrogens is 1. The Kier molecular flexibility index (Phi) is 6.31. The smallest absolute Gasteiger partial charge is 0.251 e. The van der Waals surface area contributed by atoms with Crippen molar-refractivity contribution >= 4 is 23.5 Å². The molecule has 0 radical (unpaired) electrons. The first-order chi connectivity index (χ1) is 13.8. The Morgan fingerprint density at radius 2 is 1.83 bits per heavy atom. The molecule has 0 aliphatic carbocycles. The standard InChI is InChI=1S/C21H26N4O4/c1-13-4-5-17(10-14(13)2)20(27)22-12-19(26)25-8-6-16(7-9-25)21(28)23-18-11-15(3)29-24-18/h4-5,10-11,16H,6-9,12H2,1-3H3,(H,22,27)(H,23,24,28). The number of piperidine rings is 1. The summed E-state index contributed by atoms with van der Waals surface area (Å²) in [6.45, 7) is 6.59. The minimum absolute atomic E-state index is 0.0547. The highest BCUT2D eigenvalue weighted by atomic mass is 16.5. The minimum atomic E-state index is -0.265. The van der Waals surface area contributed by atoms with Crippen LogP contribution in [0.2, 0.25) is 0 Å². The van der Waals surface area contributed by atoms with Crippen molar-refractivity contribution in [1.29, 1.82) is 0 Å². The summed E-state index contributed by atoms with van der Waals surface area (Å²) in [5.74, 6) is 0.324. The van der Waals surface area contributed by atoms with Crippen molar-refractivity contribution in [3.8, 4) is 0 Å². The molecule has 0 unspecified atom stereocenters. The Morgan fingerprint density at radius 3 is 2.45 bits per heavy atom. The molecule has 0 bridgehead atoms. The van der Waals surface area contributed by atoms with E-state index in [1.165, 1.54) is 0 Å². The Labute approximate surface area is 169 Å². The molecule has 1 aromatic heterocycles. The lowest BCUT2D eigenvalue weighted by atomic mass is 9.96. The topological polar surface area (TPSA) is 105 Å². The summed E-state index contributed by atoms with van der Waals surface area (Å²) in [7, 11) is 0. The van der Waals surface area contributed by atoms with E-state index in [4.69, 9.17) is 4.52 Å². The number of hydrogen-bond donors (Lipinski definition) is 2. The number of amides is 3. The second kappa shape index (κ2) is 8.89. The third kappa shape index (κ3) is 5.22. The van der Waals surface area contributed by atoms with E-state index in [1.807, 2.05) is 26.0 Å². The number of carbonyl (C=O) groups excluding carboxylic acids is 3. The number of likely N-dealkylation sites (tertiary alicyclic amines) is 1. The van der Waals surface area contributed by atoms with E-state index in [0.717, 1.165) is 11.1 Å². The second-order valence-electron chi connectivity index (χ2n) is 7.45. The van der Waals surface area contributed by atoms with Gasteiger partial charge in [-0.05, 0) is 56.9 Å². The number of hydrogen-bond acceptors (Lipinski definition) is 5. The van der Waals surface area contributed by atoms with Crippen LogP contribution in [-0.4, -0.2) is 47.4 Å². The molecular weight excluding hydrogens is 372 g/mol. The van der Waals surface area contributed by atoms with Crippen LogP contribution < -0.4 is 10.6 Å². The van der Waals surface area contributed by atoms with E-state index in [0.29, 0.717) is 43.1 Å². The van der Waals surface area contributed by atoms with Gasteiger partial charge in [0.15, 0.2) is 5.82 Å². The molecule has 8 nitrogen and oxygen atoms in total. The molecule has 29 heavy (non-hydrogen) atoms. The number of rotatable bonds is 5. The van der Waals surface area contributed by atoms with Crippen LogP contribution in [0.15, 0.2) is 28.8 Å². The quantitative estimate of drug-likeness (QED) is 0.803. The predicted molar refractivity (Wildman–Crippen MR) is 107 cm³/mol. The number of aryl methyl sites for hydroxylation is 3. The van der Waals surface area contributed by atoms with E-state index >= 15 is 0 Å². The molecule has 8 heteroatoms. The molecule has 1 aromatic carbocycles. The fourth-order valence-corrected chi connectivity index (χ4v) is 3.30. The van der Waals surface area contributed by atoms with E-state index in [-0.39, 0.29) is 30.2 Å². The van der Waals surface area contributed by atoms with Crippen molar-refractivity contribution in [3.63, 3.8) is 0 Å². The van der Waals surface area contributed by atoms with Crippen LogP contribution in [0.25, 0.3) is 0 Å².